The van der Waals surface area contributed by atoms with Crippen LogP contribution < -0.4 is 10.6 Å². The van der Waals surface area contributed by atoms with Gasteiger partial charge in [0.1, 0.15) is 11.9 Å². The molecule has 1 atom stereocenters. The van der Waals surface area contributed by atoms with E-state index in [4.69, 9.17) is 0 Å². The van der Waals surface area contributed by atoms with Gasteiger partial charge in [0.15, 0.2) is 0 Å². The number of hydrogen-bond acceptors (Lipinski definition) is 3. The van der Waals surface area contributed by atoms with E-state index in [2.05, 4.69) is 10.6 Å². The standard InChI is InChI=1S/C14H19FN2O2S/c1-3-8-16-14(19)10(2)17-13(18)9-20-12-6-4-11(15)5-7-12/h4-7,10H,3,8-9H2,1-2H3,(H,16,19)(H,17,18)/t10-/m0/s1. The zero-order valence-corrected chi connectivity index (χ0v) is 12.4. The smallest absolute Gasteiger partial charge is 0.242 e. The minimum atomic E-state index is -0.553. The Bertz CT molecular complexity index is 451. The first kappa shape index (κ1) is 16.5. The third kappa shape index (κ3) is 6.06. The fraction of sp³-hybridized carbons (Fsp3) is 0.429. The van der Waals surface area contributed by atoms with Crippen molar-refractivity contribution in [1.82, 2.24) is 10.6 Å². The molecule has 2 N–H and O–H groups in total. The van der Waals surface area contributed by atoms with Crippen molar-refractivity contribution in [3.8, 4) is 0 Å². The van der Waals surface area contributed by atoms with E-state index >= 15 is 0 Å². The molecule has 20 heavy (non-hydrogen) atoms. The molecule has 0 aromatic heterocycles. The van der Waals surface area contributed by atoms with Gasteiger partial charge in [0.25, 0.3) is 0 Å². The average molecular weight is 298 g/mol. The van der Waals surface area contributed by atoms with Crippen molar-refractivity contribution < 1.29 is 14.0 Å². The minimum absolute atomic E-state index is 0.188. The lowest BCUT2D eigenvalue weighted by Gasteiger charge is -2.13. The maximum Gasteiger partial charge on any atom is 0.242 e. The van der Waals surface area contributed by atoms with Crippen molar-refractivity contribution in [3.05, 3.63) is 30.1 Å². The third-order valence-corrected chi connectivity index (χ3v) is 3.52. The van der Waals surface area contributed by atoms with Crippen LogP contribution in [0.15, 0.2) is 29.2 Å². The van der Waals surface area contributed by atoms with Gasteiger partial charge in [0.2, 0.25) is 11.8 Å². The quantitative estimate of drug-likeness (QED) is 0.757. The van der Waals surface area contributed by atoms with Crippen LogP contribution in [0.3, 0.4) is 0 Å². The molecule has 0 bridgehead atoms. The number of rotatable bonds is 7. The molecule has 0 fully saturated rings. The Labute approximate surface area is 122 Å². The molecule has 0 saturated carbocycles. The lowest BCUT2D eigenvalue weighted by molar-refractivity contribution is -0.127. The highest BCUT2D eigenvalue weighted by molar-refractivity contribution is 8.00. The molecule has 0 aliphatic rings. The van der Waals surface area contributed by atoms with Crippen molar-refractivity contribution >= 4 is 23.6 Å². The molecule has 6 heteroatoms. The van der Waals surface area contributed by atoms with Gasteiger partial charge in [-0.1, -0.05) is 6.92 Å². The Hall–Kier alpha value is -1.56. The Morgan fingerprint density at radius 2 is 1.95 bits per heavy atom. The summed E-state index contributed by atoms with van der Waals surface area (Å²) in [7, 11) is 0. The predicted octanol–water partition coefficient (Wildman–Crippen LogP) is 1.95. The number of carbonyl (C=O) groups is 2. The van der Waals surface area contributed by atoms with Crippen LogP contribution >= 0.6 is 11.8 Å². The molecule has 0 aliphatic heterocycles. The van der Waals surface area contributed by atoms with Crippen molar-refractivity contribution in [2.24, 2.45) is 0 Å². The highest BCUT2D eigenvalue weighted by Crippen LogP contribution is 2.17. The summed E-state index contributed by atoms with van der Waals surface area (Å²) in [6.45, 7) is 4.21. The zero-order chi connectivity index (χ0) is 15.0. The van der Waals surface area contributed by atoms with E-state index in [0.29, 0.717) is 6.54 Å². The molecule has 1 rings (SSSR count). The Morgan fingerprint density at radius 3 is 2.55 bits per heavy atom. The van der Waals surface area contributed by atoms with E-state index in [-0.39, 0.29) is 23.4 Å². The van der Waals surface area contributed by atoms with Crippen LogP contribution in [0.25, 0.3) is 0 Å². The summed E-state index contributed by atoms with van der Waals surface area (Å²) in [4.78, 5) is 24.1. The summed E-state index contributed by atoms with van der Waals surface area (Å²) in [5.41, 5.74) is 0. The van der Waals surface area contributed by atoms with Crippen LogP contribution in [-0.4, -0.2) is 30.2 Å². The van der Waals surface area contributed by atoms with Gasteiger partial charge in [-0.2, -0.15) is 0 Å². The number of amides is 2. The second-order valence-corrected chi connectivity index (χ2v) is 5.37. The molecule has 0 saturated heterocycles. The van der Waals surface area contributed by atoms with Crippen molar-refractivity contribution in [2.45, 2.75) is 31.2 Å². The second kappa shape index (κ2) is 8.58. The Morgan fingerprint density at radius 1 is 1.30 bits per heavy atom. The number of carbonyl (C=O) groups excluding carboxylic acids is 2. The molecule has 0 unspecified atom stereocenters. The van der Waals surface area contributed by atoms with Gasteiger partial charge in [-0.15, -0.1) is 11.8 Å². The van der Waals surface area contributed by atoms with Crippen LogP contribution in [0.2, 0.25) is 0 Å². The molecular formula is C14H19FN2O2S. The predicted molar refractivity (Wildman–Crippen MR) is 78.0 cm³/mol. The van der Waals surface area contributed by atoms with E-state index in [9.17, 15) is 14.0 Å². The molecular weight excluding hydrogens is 279 g/mol. The molecule has 1 aromatic carbocycles. The van der Waals surface area contributed by atoms with Crippen LogP contribution in [0.1, 0.15) is 20.3 Å². The SMILES string of the molecule is CCCNC(=O)[C@H](C)NC(=O)CSc1ccc(F)cc1. The monoisotopic (exact) mass is 298 g/mol. The Balaban J connectivity index is 2.32. The summed E-state index contributed by atoms with van der Waals surface area (Å²) in [5.74, 6) is -0.526. The third-order valence-electron chi connectivity index (χ3n) is 2.50. The summed E-state index contributed by atoms with van der Waals surface area (Å²) in [6.07, 6.45) is 0.854. The first-order valence-electron chi connectivity index (χ1n) is 6.48. The molecule has 2 amide bonds. The van der Waals surface area contributed by atoms with E-state index in [1.54, 1.807) is 19.1 Å². The summed E-state index contributed by atoms with van der Waals surface area (Å²) < 4.78 is 12.7. The molecule has 4 nitrogen and oxygen atoms in total. The summed E-state index contributed by atoms with van der Waals surface area (Å²) in [5, 5.41) is 5.34. The van der Waals surface area contributed by atoms with Gasteiger partial charge < -0.3 is 10.6 Å². The topological polar surface area (TPSA) is 58.2 Å². The molecule has 0 spiro atoms. The number of nitrogens with one attached hydrogen (secondary N) is 2. The van der Waals surface area contributed by atoms with E-state index in [0.717, 1.165) is 11.3 Å². The van der Waals surface area contributed by atoms with E-state index in [1.807, 2.05) is 6.92 Å². The number of benzene rings is 1. The highest BCUT2D eigenvalue weighted by atomic mass is 32.2. The first-order valence-corrected chi connectivity index (χ1v) is 7.47. The van der Waals surface area contributed by atoms with Crippen LogP contribution in [0.5, 0.6) is 0 Å². The van der Waals surface area contributed by atoms with Crippen molar-refractivity contribution in [3.63, 3.8) is 0 Å². The average Bonchev–Trinajstić information content (AvgIpc) is 2.44. The van der Waals surface area contributed by atoms with Gasteiger partial charge in [-0.25, -0.2) is 4.39 Å². The molecule has 0 heterocycles. The van der Waals surface area contributed by atoms with Gasteiger partial charge >= 0.3 is 0 Å². The van der Waals surface area contributed by atoms with Crippen LogP contribution in [-0.2, 0) is 9.59 Å². The fourth-order valence-corrected chi connectivity index (χ4v) is 2.14. The lowest BCUT2D eigenvalue weighted by Crippen LogP contribution is -2.45. The number of thioether (sulfide) groups is 1. The minimum Gasteiger partial charge on any atom is -0.354 e. The van der Waals surface area contributed by atoms with Crippen LogP contribution in [0, 0.1) is 5.82 Å². The maximum atomic E-state index is 12.7. The fourth-order valence-electron chi connectivity index (χ4n) is 1.43. The first-order chi connectivity index (χ1) is 9.52. The van der Waals surface area contributed by atoms with Gasteiger partial charge in [0.05, 0.1) is 5.75 Å². The molecule has 0 aliphatic carbocycles. The van der Waals surface area contributed by atoms with E-state index < -0.39 is 6.04 Å². The van der Waals surface area contributed by atoms with Crippen molar-refractivity contribution in [2.75, 3.05) is 12.3 Å². The second-order valence-electron chi connectivity index (χ2n) is 4.32. The molecule has 110 valence electrons. The van der Waals surface area contributed by atoms with Gasteiger partial charge in [-0.3, -0.25) is 9.59 Å². The van der Waals surface area contributed by atoms with Crippen molar-refractivity contribution in [1.29, 1.82) is 0 Å². The summed E-state index contributed by atoms with van der Waals surface area (Å²) >= 11 is 1.30. The zero-order valence-electron chi connectivity index (χ0n) is 11.6. The summed E-state index contributed by atoms with van der Waals surface area (Å²) in [6, 6.07) is 5.38. The van der Waals surface area contributed by atoms with Gasteiger partial charge in [-0.05, 0) is 37.6 Å². The van der Waals surface area contributed by atoms with E-state index in [1.165, 1.54) is 23.9 Å². The van der Waals surface area contributed by atoms with Gasteiger partial charge in [0, 0.05) is 11.4 Å². The van der Waals surface area contributed by atoms with Crippen LogP contribution in [0.4, 0.5) is 4.39 Å². The number of halogens is 1. The normalized spacial score (nSPS) is 11.8. The molecule has 0 radical (unpaired) electrons. The largest absolute Gasteiger partial charge is 0.354 e. The highest BCUT2D eigenvalue weighted by Gasteiger charge is 2.14. The molecule has 1 aromatic rings. The Kier molecular flexibility index (Phi) is 7.08. The maximum absolute atomic E-state index is 12.7. The lowest BCUT2D eigenvalue weighted by atomic mass is 10.3. The number of hydrogen-bond donors (Lipinski definition) is 2.